The lowest BCUT2D eigenvalue weighted by molar-refractivity contribution is -0.121. The van der Waals surface area contributed by atoms with Crippen LogP contribution in [0.25, 0.3) is 11.4 Å². The number of rotatable bonds is 9. The van der Waals surface area contributed by atoms with Crippen molar-refractivity contribution in [3.63, 3.8) is 0 Å². The van der Waals surface area contributed by atoms with Crippen LogP contribution in [0.2, 0.25) is 0 Å². The summed E-state index contributed by atoms with van der Waals surface area (Å²) in [6, 6.07) is 11.3. The van der Waals surface area contributed by atoms with Crippen molar-refractivity contribution in [2.24, 2.45) is 5.92 Å². The van der Waals surface area contributed by atoms with Gasteiger partial charge in [0, 0.05) is 18.0 Å². The number of hydrogen-bond donors (Lipinski definition) is 2. The topological polar surface area (TPSA) is 93.1 Å². The van der Waals surface area contributed by atoms with Gasteiger partial charge in [-0.05, 0) is 54.8 Å². The monoisotopic (exact) mass is 468 g/mol. The number of carbonyl (C=O) groups is 2. The first-order chi connectivity index (χ1) is 16.3. The molecule has 1 aromatic heterocycles. The maximum Gasteiger partial charge on any atom is 0.278 e. The van der Waals surface area contributed by atoms with Crippen LogP contribution in [0.5, 0.6) is 0 Å². The van der Waals surface area contributed by atoms with Crippen LogP contribution in [0.15, 0.2) is 59.5 Å². The zero-order valence-corrected chi connectivity index (χ0v) is 19.0. The third-order valence-corrected chi connectivity index (χ3v) is 5.42. The van der Waals surface area contributed by atoms with Crippen LogP contribution in [0.4, 0.5) is 14.5 Å². The predicted octanol–water partition coefficient (Wildman–Crippen LogP) is 3.53. The van der Waals surface area contributed by atoms with Crippen molar-refractivity contribution >= 4 is 17.5 Å². The van der Waals surface area contributed by atoms with Gasteiger partial charge in [0.25, 0.3) is 5.56 Å². The molecule has 2 aromatic carbocycles. The normalized spacial score (nSPS) is 11.6. The second kappa shape index (κ2) is 11.3. The first kappa shape index (κ1) is 24.8. The van der Waals surface area contributed by atoms with Crippen LogP contribution in [0, 0.1) is 17.6 Å². The summed E-state index contributed by atoms with van der Waals surface area (Å²) in [7, 11) is 0. The summed E-state index contributed by atoms with van der Waals surface area (Å²) in [5.41, 5.74) is 0.648. The number of nitrogens with one attached hydrogen (secondary N) is 2. The molecule has 0 aliphatic rings. The summed E-state index contributed by atoms with van der Waals surface area (Å²) >= 11 is 0. The van der Waals surface area contributed by atoms with Gasteiger partial charge in [0.15, 0.2) is 0 Å². The van der Waals surface area contributed by atoms with Crippen LogP contribution < -0.4 is 16.2 Å². The molecule has 3 aromatic rings. The van der Waals surface area contributed by atoms with Gasteiger partial charge in [0.1, 0.15) is 29.7 Å². The molecule has 2 N–H and O–H groups in total. The lowest BCUT2D eigenvalue weighted by Gasteiger charge is -2.15. The molecule has 0 aliphatic heterocycles. The minimum Gasteiger partial charge on any atom is -0.354 e. The molecule has 0 bridgehead atoms. The molecule has 7 nitrogen and oxygen atoms in total. The SMILES string of the molecule is CC[C@@H](C)C(=O)Nc1cnc(-c2ccc(F)cc2)n(CC(=O)NCCc2ccc(F)cc2)c1=O. The first-order valence-electron chi connectivity index (χ1n) is 11.0. The number of halogens is 2. The summed E-state index contributed by atoms with van der Waals surface area (Å²) in [5, 5.41) is 5.30. The van der Waals surface area contributed by atoms with E-state index in [0.29, 0.717) is 18.4 Å². The second-order valence-electron chi connectivity index (χ2n) is 7.92. The van der Waals surface area contributed by atoms with Crippen molar-refractivity contribution in [3.8, 4) is 11.4 Å². The van der Waals surface area contributed by atoms with E-state index in [4.69, 9.17) is 0 Å². The molecule has 3 rings (SSSR count). The van der Waals surface area contributed by atoms with E-state index in [0.717, 1.165) is 10.1 Å². The van der Waals surface area contributed by atoms with Gasteiger partial charge in [0.2, 0.25) is 11.8 Å². The van der Waals surface area contributed by atoms with Crippen molar-refractivity contribution in [1.29, 1.82) is 0 Å². The lowest BCUT2D eigenvalue weighted by atomic mass is 10.1. The number of hydrogen-bond acceptors (Lipinski definition) is 4. The average Bonchev–Trinajstić information content (AvgIpc) is 2.83. The maximum atomic E-state index is 13.4. The van der Waals surface area contributed by atoms with Crippen LogP contribution >= 0.6 is 0 Å². The Morgan fingerprint density at radius 2 is 1.65 bits per heavy atom. The Kier molecular flexibility index (Phi) is 8.24. The molecule has 0 saturated heterocycles. The van der Waals surface area contributed by atoms with Gasteiger partial charge in [-0.1, -0.05) is 26.0 Å². The molecular weight excluding hydrogens is 442 g/mol. The standard InChI is InChI=1S/C25H26F2N4O3/c1-3-16(2)24(33)30-21-14-29-23(18-6-10-20(27)11-7-18)31(25(21)34)15-22(32)28-13-12-17-4-8-19(26)9-5-17/h4-11,14,16H,3,12-13,15H2,1-2H3,(H,28,32)(H,30,33)/t16-/m1/s1. The Labute approximate surface area is 195 Å². The summed E-state index contributed by atoms with van der Waals surface area (Å²) in [6.45, 7) is 3.52. The molecule has 0 spiro atoms. The minimum atomic E-state index is -0.598. The van der Waals surface area contributed by atoms with Crippen molar-refractivity contribution in [3.05, 3.63) is 82.3 Å². The highest BCUT2D eigenvalue weighted by molar-refractivity contribution is 5.92. The smallest absolute Gasteiger partial charge is 0.278 e. The number of aromatic nitrogens is 2. The predicted molar refractivity (Wildman–Crippen MR) is 125 cm³/mol. The fourth-order valence-corrected chi connectivity index (χ4v) is 3.19. The Morgan fingerprint density at radius 1 is 1.03 bits per heavy atom. The number of nitrogens with zero attached hydrogens (tertiary/aromatic N) is 2. The fourth-order valence-electron chi connectivity index (χ4n) is 3.19. The summed E-state index contributed by atoms with van der Waals surface area (Å²) in [4.78, 5) is 42.4. The van der Waals surface area contributed by atoms with Crippen LogP contribution in [-0.2, 0) is 22.6 Å². The fraction of sp³-hybridized carbons (Fsp3) is 0.280. The highest BCUT2D eigenvalue weighted by atomic mass is 19.1. The highest BCUT2D eigenvalue weighted by Crippen LogP contribution is 2.18. The quantitative estimate of drug-likeness (QED) is 0.503. The van der Waals surface area contributed by atoms with E-state index >= 15 is 0 Å². The van der Waals surface area contributed by atoms with Gasteiger partial charge in [-0.3, -0.25) is 19.0 Å². The zero-order chi connectivity index (χ0) is 24.7. The van der Waals surface area contributed by atoms with Crippen molar-refractivity contribution in [1.82, 2.24) is 14.9 Å². The molecule has 0 radical (unpaired) electrons. The van der Waals surface area contributed by atoms with E-state index in [1.165, 1.54) is 42.6 Å². The summed E-state index contributed by atoms with van der Waals surface area (Å²) in [6.07, 6.45) is 2.32. The van der Waals surface area contributed by atoms with Gasteiger partial charge >= 0.3 is 0 Å². The van der Waals surface area contributed by atoms with Gasteiger partial charge in [-0.2, -0.15) is 0 Å². The molecule has 34 heavy (non-hydrogen) atoms. The minimum absolute atomic E-state index is 0.0460. The van der Waals surface area contributed by atoms with E-state index in [2.05, 4.69) is 15.6 Å². The van der Waals surface area contributed by atoms with Crippen LogP contribution in [-0.4, -0.2) is 27.9 Å². The summed E-state index contributed by atoms with van der Waals surface area (Å²) in [5.74, 6) is -1.70. The average molecular weight is 469 g/mol. The molecule has 0 fully saturated rings. The molecule has 9 heteroatoms. The second-order valence-corrected chi connectivity index (χ2v) is 7.92. The summed E-state index contributed by atoms with van der Waals surface area (Å²) < 4.78 is 27.6. The molecule has 0 unspecified atom stereocenters. The lowest BCUT2D eigenvalue weighted by Crippen LogP contribution is -2.36. The maximum absolute atomic E-state index is 13.4. The largest absolute Gasteiger partial charge is 0.354 e. The van der Waals surface area contributed by atoms with E-state index in [-0.39, 0.29) is 42.2 Å². The van der Waals surface area contributed by atoms with E-state index in [1.54, 1.807) is 19.1 Å². The number of carbonyl (C=O) groups excluding carboxylic acids is 2. The molecule has 1 heterocycles. The molecule has 2 amide bonds. The van der Waals surface area contributed by atoms with E-state index in [1.807, 2.05) is 6.92 Å². The number of anilines is 1. The molecular formula is C25H26F2N4O3. The molecule has 0 saturated carbocycles. The van der Waals surface area contributed by atoms with Crippen LogP contribution in [0.3, 0.4) is 0 Å². The Balaban J connectivity index is 1.82. The van der Waals surface area contributed by atoms with Crippen molar-refractivity contribution in [2.45, 2.75) is 33.2 Å². The van der Waals surface area contributed by atoms with Gasteiger partial charge < -0.3 is 10.6 Å². The van der Waals surface area contributed by atoms with Crippen molar-refractivity contribution < 1.29 is 18.4 Å². The van der Waals surface area contributed by atoms with Crippen molar-refractivity contribution in [2.75, 3.05) is 11.9 Å². The molecule has 1 atom stereocenters. The Bertz CT molecular complexity index is 1210. The zero-order valence-electron chi connectivity index (χ0n) is 19.0. The third kappa shape index (κ3) is 6.34. The number of amides is 2. The number of benzene rings is 2. The first-order valence-corrected chi connectivity index (χ1v) is 11.0. The highest BCUT2D eigenvalue weighted by Gasteiger charge is 2.18. The van der Waals surface area contributed by atoms with Crippen LogP contribution in [0.1, 0.15) is 25.8 Å². The molecule has 178 valence electrons. The van der Waals surface area contributed by atoms with E-state index in [9.17, 15) is 23.2 Å². The van der Waals surface area contributed by atoms with Gasteiger partial charge in [-0.15, -0.1) is 0 Å². The van der Waals surface area contributed by atoms with E-state index < -0.39 is 17.3 Å². The Morgan fingerprint density at radius 3 is 2.26 bits per heavy atom. The third-order valence-electron chi connectivity index (χ3n) is 5.42. The van der Waals surface area contributed by atoms with Gasteiger partial charge in [0.05, 0.1) is 6.20 Å². The molecule has 0 aliphatic carbocycles. The van der Waals surface area contributed by atoms with Gasteiger partial charge in [-0.25, -0.2) is 13.8 Å². The Hall–Kier alpha value is -3.88.